The number of likely N-dealkylation sites (N-methyl/N-ethyl adjacent to an activating group) is 1. The molecule has 0 atom stereocenters. The normalized spacial score (nSPS) is 11.6. The average Bonchev–Trinajstić information content (AvgIpc) is 3.22. The highest BCUT2D eigenvalue weighted by atomic mass is 32.2. The maximum absolute atomic E-state index is 13.2. The summed E-state index contributed by atoms with van der Waals surface area (Å²) in [6.07, 6.45) is 1.48. The topological polar surface area (TPSA) is 70.8 Å². The van der Waals surface area contributed by atoms with Crippen LogP contribution in [0.2, 0.25) is 0 Å². The van der Waals surface area contributed by atoms with Gasteiger partial charge in [-0.05, 0) is 43.7 Å². The minimum Gasteiger partial charge on any atom is -0.468 e. The zero-order chi connectivity index (χ0) is 21.7. The largest absolute Gasteiger partial charge is 0.468 e. The number of aryl methyl sites for hydroxylation is 2. The Morgan fingerprint density at radius 2 is 1.50 bits per heavy atom. The standard InChI is InChI=1S/C23H26N2O4S/c1-18-6-10-20(11-7-18)15-24(3)23(26)17-25(16-21-5-4-14-29-21)30(27,28)22-12-8-19(2)9-13-22/h4-14H,15-17H2,1-3H3. The number of nitrogens with zero attached hydrogens (tertiary/aromatic N) is 2. The van der Waals surface area contributed by atoms with E-state index in [0.29, 0.717) is 12.3 Å². The Morgan fingerprint density at radius 3 is 2.07 bits per heavy atom. The van der Waals surface area contributed by atoms with Crippen molar-refractivity contribution < 1.29 is 17.6 Å². The minimum atomic E-state index is -3.88. The lowest BCUT2D eigenvalue weighted by Gasteiger charge is -2.24. The Morgan fingerprint density at radius 1 is 0.900 bits per heavy atom. The third-order valence-corrected chi connectivity index (χ3v) is 6.65. The van der Waals surface area contributed by atoms with Crippen molar-refractivity contribution in [3.8, 4) is 0 Å². The summed E-state index contributed by atoms with van der Waals surface area (Å²) in [6, 6.07) is 17.9. The zero-order valence-corrected chi connectivity index (χ0v) is 18.2. The van der Waals surface area contributed by atoms with Gasteiger partial charge in [-0.1, -0.05) is 47.5 Å². The molecule has 2 aromatic carbocycles. The lowest BCUT2D eigenvalue weighted by Crippen LogP contribution is -2.40. The molecule has 6 nitrogen and oxygen atoms in total. The van der Waals surface area contributed by atoms with E-state index >= 15 is 0 Å². The first-order valence-electron chi connectivity index (χ1n) is 9.64. The van der Waals surface area contributed by atoms with Crippen LogP contribution < -0.4 is 0 Å². The zero-order valence-electron chi connectivity index (χ0n) is 17.4. The molecule has 3 rings (SSSR count). The second kappa shape index (κ2) is 9.28. The van der Waals surface area contributed by atoms with Crippen LogP contribution in [0.3, 0.4) is 0 Å². The second-order valence-electron chi connectivity index (χ2n) is 7.40. The molecule has 3 aromatic rings. The monoisotopic (exact) mass is 426 g/mol. The van der Waals surface area contributed by atoms with E-state index in [1.807, 2.05) is 38.1 Å². The molecular formula is C23H26N2O4S. The van der Waals surface area contributed by atoms with Gasteiger partial charge in [0.2, 0.25) is 15.9 Å². The van der Waals surface area contributed by atoms with E-state index in [4.69, 9.17) is 4.42 Å². The van der Waals surface area contributed by atoms with Crippen LogP contribution in [0.15, 0.2) is 76.2 Å². The number of carbonyl (C=O) groups excluding carboxylic acids is 1. The summed E-state index contributed by atoms with van der Waals surface area (Å²) >= 11 is 0. The van der Waals surface area contributed by atoms with Crippen molar-refractivity contribution in [1.29, 1.82) is 0 Å². The number of hydrogen-bond donors (Lipinski definition) is 0. The van der Waals surface area contributed by atoms with Gasteiger partial charge >= 0.3 is 0 Å². The van der Waals surface area contributed by atoms with Crippen molar-refractivity contribution in [1.82, 2.24) is 9.21 Å². The maximum Gasteiger partial charge on any atom is 0.243 e. The smallest absolute Gasteiger partial charge is 0.243 e. The maximum atomic E-state index is 13.2. The molecule has 0 aliphatic rings. The molecular weight excluding hydrogens is 400 g/mol. The fraction of sp³-hybridized carbons (Fsp3) is 0.261. The number of furan rings is 1. The molecule has 0 saturated carbocycles. The molecule has 0 spiro atoms. The molecule has 0 bridgehead atoms. The Bertz CT molecular complexity index is 1070. The van der Waals surface area contributed by atoms with E-state index < -0.39 is 10.0 Å². The number of rotatable bonds is 8. The number of hydrogen-bond acceptors (Lipinski definition) is 4. The predicted molar refractivity (Wildman–Crippen MR) is 115 cm³/mol. The van der Waals surface area contributed by atoms with Gasteiger partial charge in [0.15, 0.2) is 0 Å². The number of benzene rings is 2. The van der Waals surface area contributed by atoms with Gasteiger partial charge in [-0.25, -0.2) is 8.42 Å². The highest BCUT2D eigenvalue weighted by molar-refractivity contribution is 7.89. The van der Waals surface area contributed by atoms with Crippen LogP contribution in [-0.2, 0) is 27.9 Å². The van der Waals surface area contributed by atoms with E-state index in [9.17, 15) is 13.2 Å². The van der Waals surface area contributed by atoms with Gasteiger partial charge in [-0.3, -0.25) is 4.79 Å². The third-order valence-electron chi connectivity index (χ3n) is 4.85. The highest BCUT2D eigenvalue weighted by Crippen LogP contribution is 2.20. The van der Waals surface area contributed by atoms with E-state index in [-0.39, 0.29) is 23.9 Å². The summed E-state index contributed by atoms with van der Waals surface area (Å²) in [7, 11) is -2.20. The van der Waals surface area contributed by atoms with Crippen LogP contribution in [0.25, 0.3) is 0 Å². The van der Waals surface area contributed by atoms with Crippen LogP contribution in [0.4, 0.5) is 0 Å². The van der Waals surface area contributed by atoms with E-state index in [1.54, 1.807) is 43.4 Å². The fourth-order valence-corrected chi connectivity index (χ4v) is 4.34. The quantitative estimate of drug-likeness (QED) is 0.550. The summed E-state index contributed by atoms with van der Waals surface area (Å²) < 4.78 is 33.0. The Kier molecular flexibility index (Phi) is 6.74. The third kappa shape index (κ3) is 5.37. The van der Waals surface area contributed by atoms with Gasteiger partial charge in [-0.15, -0.1) is 0 Å². The van der Waals surface area contributed by atoms with E-state index in [1.165, 1.54) is 11.2 Å². The van der Waals surface area contributed by atoms with Crippen molar-refractivity contribution in [2.75, 3.05) is 13.6 Å². The number of amides is 1. The molecule has 0 N–H and O–H groups in total. The number of carbonyl (C=O) groups is 1. The van der Waals surface area contributed by atoms with Gasteiger partial charge in [0.05, 0.1) is 24.2 Å². The van der Waals surface area contributed by atoms with Gasteiger partial charge in [0.25, 0.3) is 0 Å². The van der Waals surface area contributed by atoms with Crippen LogP contribution in [0.1, 0.15) is 22.5 Å². The van der Waals surface area contributed by atoms with Crippen molar-refractivity contribution >= 4 is 15.9 Å². The minimum absolute atomic E-state index is 0.0205. The summed E-state index contributed by atoms with van der Waals surface area (Å²) in [5, 5.41) is 0. The van der Waals surface area contributed by atoms with Gasteiger partial charge in [-0.2, -0.15) is 4.31 Å². The average molecular weight is 427 g/mol. The molecule has 0 saturated heterocycles. The van der Waals surface area contributed by atoms with Gasteiger partial charge in [0, 0.05) is 13.6 Å². The molecule has 1 heterocycles. The summed E-state index contributed by atoms with van der Waals surface area (Å²) in [4.78, 5) is 14.6. The lowest BCUT2D eigenvalue weighted by atomic mass is 10.1. The second-order valence-corrected chi connectivity index (χ2v) is 9.34. The molecule has 30 heavy (non-hydrogen) atoms. The molecule has 158 valence electrons. The molecule has 7 heteroatoms. The summed E-state index contributed by atoms with van der Waals surface area (Å²) in [5.74, 6) is 0.178. The molecule has 1 amide bonds. The first kappa shape index (κ1) is 21.8. The summed E-state index contributed by atoms with van der Waals surface area (Å²) in [5.41, 5.74) is 3.08. The SMILES string of the molecule is Cc1ccc(CN(C)C(=O)CN(Cc2ccco2)S(=O)(=O)c2ccc(C)cc2)cc1. The highest BCUT2D eigenvalue weighted by Gasteiger charge is 2.28. The molecule has 0 unspecified atom stereocenters. The van der Waals surface area contributed by atoms with Gasteiger partial charge in [0.1, 0.15) is 5.76 Å². The van der Waals surface area contributed by atoms with Crippen LogP contribution in [-0.4, -0.2) is 37.1 Å². The van der Waals surface area contributed by atoms with Gasteiger partial charge < -0.3 is 9.32 Å². The van der Waals surface area contributed by atoms with Crippen LogP contribution in [0.5, 0.6) is 0 Å². The van der Waals surface area contributed by atoms with Crippen molar-refractivity contribution in [2.45, 2.75) is 31.8 Å². The fourth-order valence-electron chi connectivity index (χ4n) is 2.99. The van der Waals surface area contributed by atoms with Crippen molar-refractivity contribution in [3.05, 3.63) is 89.4 Å². The van der Waals surface area contributed by atoms with E-state index in [2.05, 4.69) is 0 Å². The molecule has 0 aliphatic heterocycles. The Labute approximate surface area is 177 Å². The molecule has 0 fully saturated rings. The molecule has 0 radical (unpaired) electrons. The van der Waals surface area contributed by atoms with Crippen molar-refractivity contribution in [3.63, 3.8) is 0 Å². The number of sulfonamides is 1. The predicted octanol–water partition coefficient (Wildman–Crippen LogP) is 3.75. The van der Waals surface area contributed by atoms with Crippen LogP contribution in [0, 0.1) is 13.8 Å². The van der Waals surface area contributed by atoms with Crippen LogP contribution >= 0.6 is 0 Å². The summed E-state index contributed by atoms with van der Waals surface area (Å²) in [6.45, 7) is 3.99. The van der Waals surface area contributed by atoms with E-state index in [0.717, 1.165) is 21.0 Å². The Hall–Kier alpha value is -2.90. The first-order chi connectivity index (χ1) is 14.3. The van der Waals surface area contributed by atoms with Crippen molar-refractivity contribution in [2.24, 2.45) is 0 Å². The molecule has 1 aromatic heterocycles. The molecule has 0 aliphatic carbocycles. The lowest BCUT2D eigenvalue weighted by molar-refractivity contribution is -0.130. The first-order valence-corrected chi connectivity index (χ1v) is 11.1. The Balaban J connectivity index is 1.80.